The smallest absolute Gasteiger partial charge is 0.326 e. The van der Waals surface area contributed by atoms with Gasteiger partial charge in [0.2, 0.25) is 11.8 Å². The van der Waals surface area contributed by atoms with E-state index in [9.17, 15) is 14.4 Å². The Kier molecular flexibility index (Phi) is 12.1. The van der Waals surface area contributed by atoms with Crippen LogP contribution in [0.15, 0.2) is 0 Å². The Morgan fingerprint density at radius 1 is 1.32 bits per heavy atom. The van der Waals surface area contributed by atoms with Gasteiger partial charge in [-0.1, -0.05) is 0 Å². The molecule has 22 heavy (non-hydrogen) atoms. The number of thioether (sulfide) groups is 1. The molecule has 0 aromatic carbocycles. The van der Waals surface area contributed by atoms with Gasteiger partial charge >= 0.3 is 5.97 Å². The fourth-order valence-electron chi connectivity index (χ4n) is 1.60. The van der Waals surface area contributed by atoms with Gasteiger partial charge in [0, 0.05) is 18.7 Å². The van der Waals surface area contributed by atoms with Crippen LogP contribution >= 0.6 is 24.4 Å². The Bertz CT molecular complexity index is 369. The molecule has 128 valence electrons. The number of carboxylic acids is 1. The molecular formula is C13H25N3O4S2. The summed E-state index contributed by atoms with van der Waals surface area (Å²) in [7, 11) is 0. The van der Waals surface area contributed by atoms with Crippen molar-refractivity contribution in [3.63, 3.8) is 0 Å². The van der Waals surface area contributed by atoms with Gasteiger partial charge in [-0.2, -0.15) is 24.4 Å². The van der Waals surface area contributed by atoms with E-state index in [0.717, 1.165) is 0 Å². The molecule has 0 spiro atoms. The standard InChI is InChI=1S/C13H25N3O4S2/c1-22-7-5-10(13(19)20)16-11(17)4-2-3-6-15-12(18)9(14)8-21/h9-10,21H,2-8,14H2,1H3,(H,15,18)(H,16,17)(H,19,20)/t9-,10-/m0/s1. The first kappa shape index (κ1) is 21.1. The lowest BCUT2D eigenvalue weighted by molar-refractivity contribution is -0.141. The van der Waals surface area contributed by atoms with Crippen LogP contribution in [0.2, 0.25) is 0 Å². The van der Waals surface area contributed by atoms with Gasteiger partial charge in [0.15, 0.2) is 0 Å². The topological polar surface area (TPSA) is 122 Å². The maximum Gasteiger partial charge on any atom is 0.326 e. The number of hydrogen-bond acceptors (Lipinski definition) is 6. The second-order valence-corrected chi connectivity index (χ2v) is 6.13. The van der Waals surface area contributed by atoms with Crippen molar-refractivity contribution in [2.45, 2.75) is 37.8 Å². The van der Waals surface area contributed by atoms with Crippen molar-refractivity contribution < 1.29 is 19.5 Å². The number of unbranched alkanes of at least 4 members (excludes halogenated alkanes) is 1. The molecule has 0 radical (unpaired) electrons. The lowest BCUT2D eigenvalue weighted by atomic mass is 10.2. The van der Waals surface area contributed by atoms with Crippen molar-refractivity contribution >= 4 is 42.2 Å². The van der Waals surface area contributed by atoms with Crippen LogP contribution in [0.5, 0.6) is 0 Å². The van der Waals surface area contributed by atoms with Crippen molar-refractivity contribution in [3.05, 3.63) is 0 Å². The van der Waals surface area contributed by atoms with Crippen LogP contribution < -0.4 is 16.4 Å². The number of hydrogen-bond donors (Lipinski definition) is 5. The number of thiol groups is 1. The van der Waals surface area contributed by atoms with E-state index >= 15 is 0 Å². The highest BCUT2D eigenvalue weighted by Gasteiger charge is 2.18. The molecule has 0 aromatic heterocycles. The third-order valence-electron chi connectivity index (χ3n) is 2.91. The Balaban J connectivity index is 3.84. The first-order valence-corrected chi connectivity index (χ1v) is 9.10. The molecule has 0 rings (SSSR count). The fourth-order valence-corrected chi connectivity index (χ4v) is 2.23. The highest BCUT2D eigenvalue weighted by molar-refractivity contribution is 7.98. The number of carbonyl (C=O) groups is 3. The van der Waals surface area contributed by atoms with Gasteiger partial charge in [0.1, 0.15) is 6.04 Å². The van der Waals surface area contributed by atoms with Crippen molar-refractivity contribution in [1.29, 1.82) is 0 Å². The first-order chi connectivity index (χ1) is 10.4. The minimum Gasteiger partial charge on any atom is -0.480 e. The van der Waals surface area contributed by atoms with Gasteiger partial charge < -0.3 is 21.5 Å². The number of nitrogens with one attached hydrogen (secondary N) is 2. The van der Waals surface area contributed by atoms with E-state index < -0.39 is 18.1 Å². The minimum absolute atomic E-state index is 0.234. The second-order valence-electron chi connectivity index (χ2n) is 4.78. The van der Waals surface area contributed by atoms with Crippen LogP contribution in [0.4, 0.5) is 0 Å². The molecule has 0 fully saturated rings. The molecule has 0 bridgehead atoms. The highest BCUT2D eigenvalue weighted by atomic mass is 32.2. The van der Waals surface area contributed by atoms with Crippen molar-refractivity contribution in [2.24, 2.45) is 5.73 Å². The average molecular weight is 351 g/mol. The summed E-state index contributed by atoms with van der Waals surface area (Å²) in [6.45, 7) is 0.433. The summed E-state index contributed by atoms with van der Waals surface area (Å²) in [6.07, 6.45) is 3.71. The Hall–Kier alpha value is -0.930. The molecule has 2 atom stereocenters. The number of carboxylic acid groups (broad SMARTS) is 1. The lowest BCUT2D eigenvalue weighted by Crippen LogP contribution is -2.42. The zero-order valence-electron chi connectivity index (χ0n) is 12.7. The van der Waals surface area contributed by atoms with Gasteiger partial charge in [0.25, 0.3) is 0 Å². The van der Waals surface area contributed by atoms with Crippen LogP contribution in [-0.4, -0.2) is 59.3 Å². The summed E-state index contributed by atoms with van der Waals surface area (Å²) in [5.41, 5.74) is 5.49. The predicted octanol–water partition coefficient (Wildman–Crippen LogP) is -0.147. The maximum atomic E-state index is 11.7. The van der Waals surface area contributed by atoms with Gasteiger partial charge in [0.05, 0.1) is 6.04 Å². The molecule has 0 aliphatic carbocycles. The summed E-state index contributed by atoms with van der Waals surface area (Å²) < 4.78 is 0. The number of carbonyl (C=O) groups excluding carboxylic acids is 2. The van der Waals surface area contributed by atoms with Crippen LogP contribution in [0.1, 0.15) is 25.7 Å². The number of nitrogens with two attached hydrogens (primary N) is 1. The summed E-state index contributed by atoms with van der Waals surface area (Å²) in [4.78, 5) is 34.0. The normalized spacial score (nSPS) is 13.2. The van der Waals surface area contributed by atoms with Gasteiger partial charge in [-0.15, -0.1) is 0 Å². The molecule has 0 heterocycles. The van der Waals surface area contributed by atoms with E-state index in [1.807, 2.05) is 6.26 Å². The molecule has 2 amide bonds. The summed E-state index contributed by atoms with van der Waals surface area (Å²) in [5, 5.41) is 14.2. The SMILES string of the molecule is CSCC[C@H](NC(=O)CCCCNC(=O)[C@@H](N)CS)C(=O)O. The zero-order chi connectivity index (χ0) is 17.0. The van der Waals surface area contributed by atoms with Crippen LogP contribution in [0.25, 0.3) is 0 Å². The van der Waals surface area contributed by atoms with Crippen LogP contribution in [-0.2, 0) is 14.4 Å². The Morgan fingerprint density at radius 3 is 2.55 bits per heavy atom. The minimum atomic E-state index is -1.02. The van der Waals surface area contributed by atoms with E-state index in [2.05, 4.69) is 23.3 Å². The van der Waals surface area contributed by atoms with Gasteiger partial charge in [-0.3, -0.25) is 9.59 Å². The summed E-state index contributed by atoms with van der Waals surface area (Å²) in [6, 6.07) is -1.47. The van der Waals surface area contributed by atoms with E-state index in [1.54, 1.807) is 0 Å². The molecule has 5 N–H and O–H groups in total. The molecular weight excluding hydrogens is 326 g/mol. The summed E-state index contributed by atoms with van der Waals surface area (Å²) >= 11 is 5.46. The average Bonchev–Trinajstić information content (AvgIpc) is 2.49. The highest BCUT2D eigenvalue weighted by Crippen LogP contribution is 2.02. The lowest BCUT2D eigenvalue weighted by Gasteiger charge is -2.14. The Morgan fingerprint density at radius 2 is 2.00 bits per heavy atom. The van der Waals surface area contributed by atoms with Crippen molar-refractivity contribution in [1.82, 2.24) is 10.6 Å². The molecule has 0 aliphatic heterocycles. The quantitative estimate of drug-likeness (QED) is 0.246. The third-order valence-corrected chi connectivity index (χ3v) is 3.94. The maximum absolute atomic E-state index is 11.7. The third kappa shape index (κ3) is 9.91. The van der Waals surface area contributed by atoms with E-state index in [4.69, 9.17) is 10.8 Å². The molecule has 0 saturated carbocycles. The summed E-state index contributed by atoms with van der Waals surface area (Å²) in [5.74, 6) is -0.611. The molecule has 0 saturated heterocycles. The molecule has 0 aliphatic rings. The molecule has 0 unspecified atom stereocenters. The van der Waals surface area contributed by atoms with E-state index in [-0.39, 0.29) is 24.0 Å². The molecule has 0 aromatic rings. The first-order valence-electron chi connectivity index (χ1n) is 7.07. The molecule has 9 heteroatoms. The largest absolute Gasteiger partial charge is 0.480 e. The van der Waals surface area contributed by atoms with E-state index in [1.165, 1.54) is 11.8 Å². The van der Waals surface area contributed by atoms with Crippen LogP contribution in [0.3, 0.4) is 0 Å². The van der Waals surface area contributed by atoms with Crippen LogP contribution in [0, 0.1) is 0 Å². The monoisotopic (exact) mass is 351 g/mol. The Labute approximate surface area is 140 Å². The zero-order valence-corrected chi connectivity index (χ0v) is 14.4. The number of amides is 2. The fraction of sp³-hybridized carbons (Fsp3) is 0.769. The van der Waals surface area contributed by atoms with E-state index in [0.29, 0.717) is 31.6 Å². The number of rotatable bonds is 12. The van der Waals surface area contributed by atoms with Gasteiger partial charge in [-0.25, -0.2) is 4.79 Å². The number of aliphatic carboxylic acids is 1. The van der Waals surface area contributed by atoms with Gasteiger partial charge in [-0.05, 0) is 31.3 Å². The predicted molar refractivity (Wildman–Crippen MR) is 91.3 cm³/mol. The second kappa shape index (κ2) is 12.6. The molecule has 7 nitrogen and oxygen atoms in total. The van der Waals surface area contributed by atoms with Crippen molar-refractivity contribution in [2.75, 3.05) is 24.3 Å². The van der Waals surface area contributed by atoms with Crippen molar-refractivity contribution in [3.8, 4) is 0 Å².